The number of hydrogen-bond acceptors (Lipinski definition) is 2. The Balaban J connectivity index is 2.02. The molecule has 0 radical (unpaired) electrons. The summed E-state index contributed by atoms with van der Waals surface area (Å²) in [5, 5.41) is 9.27. The van der Waals surface area contributed by atoms with Crippen LogP contribution in [-0.2, 0) is 0 Å². The molecule has 1 aliphatic carbocycles. The van der Waals surface area contributed by atoms with Gasteiger partial charge in [-0.3, -0.25) is 0 Å². The van der Waals surface area contributed by atoms with E-state index >= 15 is 0 Å². The maximum absolute atomic E-state index is 13.2. The van der Waals surface area contributed by atoms with Gasteiger partial charge in [0.2, 0.25) is 0 Å². The fraction of sp³-hybridized carbons (Fsp3) is 0.500. The molecule has 1 aromatic carbocycles. The molecular weight excluding hydrogens is 275 g/mol. The molecule has 0 heterocycles. The van der Waals surface area contributed by atoms with E-state index in [0.29, 0.717) is 16.8 Å². The minimum absolute atomic E-state index is 0.105. The fourth-order valence-electron chi connectivity index (χ4n) is 1.85. The zero-order chi connectivity index (χ0) is 11.6. The van der Waals surface area contributed by atoms with E-state index in [0.717, 1.165) is 19.3 Å². The van der Waals surface area contributed by atoms with E-state index < -0.39 is 0 Å². The zero-order valence-corrected chi connectivity index (χ0v) is 10.5. The molecule has 0 aromatic heterocycles. The summed E-state index contributed by atoms with van der Waals surface area (Å²) in [5.74, 6) is 0.170. The molecule has 0 atom stereocenters. The Morgan fingerprint density at radius 1 is 1.44 bits per heavy atom. The van der Waals surface area contributed by atoms with Crippen molar-refractivity contribution in [2.24, 2.45) is 5.41 Å². The number of rotatable bonds is 4. The summed E-state index contributed by atoms with van der Waals surface area (Å²) < 4.78 is 19.1. The molecule has 0 unspecified atom stereocenters. The molecular formula is C12H14BrFO2. The van der Waals surface area contributed by atoms with Crippen LogP contribution in [-0.4, -0.2) is 18.3 Å². The van der Waals surface area contributed by atoms with E-state index in [1.807, 2.05) is 0 Å². The minimum atomic E-state index is -0.329. The molecule has 0 amide bonds. The predicted molar refractivity (Wildman–Crippen MR) is 63.0 cm³/mol. The summed E-state index contributed by atoms with van der Waals surface area (Å²) >= 11 is 3.15. The molecule has 0 spiro atoms. The van der Waals surface area contributed by atoms with E-state index in [2.05, 4.69) is 15.9 Å². The standard InChI is InChI=1S/C12H14BrFO2/c13-11-9(14)3-1-4-10(11)16-8-12(7-15)5-2-6-12/h1,3-4,15H,2,5-8H2. The van der Waals surface area contributed by atoms with Crippen LogP contribution in [0, 0.1) is 11.2 Å². The number of halogens is 2. The van der Waals surface area contributed by atoms with Crippen LogP contribution in [0.25, 0.3) is 0 Å². The van der Waals surface area contributed by atoms with Gasteiger partial charge in [0.05, 0.1) is 17.7 Å². The van der Waals surface area contributed by atoms with Crippen molar-refractivity contribution in [3.05, 3.63) is 28.5 Å². The van der Waals surface area contributed by atoms with E-state index in [1.54, 1.807) is 12.1 Å². The Kier molecular flexibility index (Phi) is 3.50. The second-order valence-corrected chi connectivity index (χ2v) is 5.15. The van der Waals surface area contributed by atoms with Gasteiger partial charge in [-0.15, -0.1) is 0 Å². The molecule has 1 saturated carbocycles. The van der Waals surface area contributed by atoms with Crippen molar-refractivity contribution in [1.29, 1.82) is 0 Å². The number of aliphatic hydroxyl groups excluding tert-OH is 1. The molecule has 0 aliphatic heterocycles. The third-order valence-corrected chi connectivity index (χ3v) is 3.97. The van der Waals surface area contributed by atoms with Crippen molar-refractivity contribution in [2.75, 3.05) is 13.2 Å². The van der Waals surface area contributed by atoms with Gasteiger partial charge >= 0.3 is 0 Å². The van der Waals surface area contributed by atoms with Gasteiger partial charge in [-0.05, 0) is 40.9 Å². The van der Waals surface area contributed by atoms with Crippen molar-refractivity contribution in [3.63, 3.8) is 0 Å². The fourth-order valence-corrected chi connectivity index (χ4v) is 2.23. The Morgan fingerprint density at radius 3 is 2.75 bits per heavy atom. The van der Waals surface area contributed by atoms with Gasteiger partial charge in [-0.1, -0.05) is 12.5 Å². The monoisotopic (exact) mass is 288 g/mol. The van der Waals surface area contributed by atoms with Crippen LogP contribution in [0.2, 0.25) is 0 Å². The summed E-state index contributed by atoms with van der Waals surface area (Å²) in [6.07, 6.45) is 3.10. The Hall–Kier alpha value is -0.610. The van der Waals surface area contributed by atoms with E-state index in [1.165, 1.54) is 6.07 Å². The maximum atomic E-state index is 13.2. The predicted octanol–water partition coefficient (Wildman–Crippen LogP) is 3.13. The van der Waals surface area contributed by atoms with Gasteiger partial charge in [0.1, 0.15) is 11.6 Å². The smallest absolute Gasteiger partial charge is 0.141 e. The summed E-state index contributed by atoms with van der Waals surface area (Å²) in [7, 11) is 0. The summed E-state index contributed by atoms with van der Waals surface area (Å²) in [6.45, 7) is 0.589. The quantitative estimate of drug-likeness (QED) is 0.922. The average molecular weight is 289 g/mol. The number of aliphatic hydroxyl groups is 1. The number of hydrogen-bond donors (Lipinski definition) is 1. The molecule has 1 aromatic rings. The number of ether oxygens (including phenoxy) is 1. The third kappa shape index (κ3) is 2.23. The van der Waals surface area contributed by atoms with Gasteiger partial charge in [-0.25, -0.2) is 4.39 Å². The first-order chi connectivity index (χ1) is 7.67. The highest BCUT2D eigenvalue weighted by molar-refractivity contribution is 9.10. The second kappa shape index (κ2) is 4.72. The molecule has 4 heteroatoms. The lowest BCUT2D eigenvalue weighted by atomic mass is 9.70. The second-order valence-electron chi connectivity index (χ2n) is 4.35. The van der Waals surface area contributed by atoms with Gasteiger partial charge in [-0.2, -0.15) is 0 Å². The zero-order valence-electron chi connectivity index (χ0n) is 8.88. The van der Waals surface area contributed by atoms with Crippen LogP contribution in [0.15, 0.2) is 22.7 Å². The van der Waals surface area contributed by atoms with Crippen LogP contribution >= 0.6 is 15.9 Å². The largest absolute Gasteiger partial charge is 0.492 e. The lowest BCUT2D eigenvalue weighted by Crippen LogP contribution is -2.39. The van der Waals surface area contributed by atoms with Crippen LogP contribution in [0.5, 0.6) is 5.75 Å². The summed E-state index contributed by atoms with van der Waals surface area (Å²) in [5.41, 5.74) is -0.105. The average Bonchev–Trinajstić information content (AvgIpc) is 2.23. The maximum Gasteiger partial charge on any atom is 0.141 e. The van der Waals surface area contributed by atoms with Crippen molar-refractivity contribution in [1.82, 2.24) is 0 Å². The van der Waals surface area contributed by atoms with Crippen molar-refractivity contribution in [3.8, 4) is 5.75 Å². The molecule has 0 saturated heterocycles. The Bertz CT molecular complexity index is 372. The van der Waals surface area contributed by atoms with Crippen molar-refractivity contribution in [2.45, 2.75) is 19.3 Å². The molecule has 1 N–H and O–H groups in total. The minimum Gasteiger partial charge on any atom is -0.492 e. The van der Waals surface area contributed by atoms with Gasteiger partial charge < -0.3 is 9.84 Å². The SMILES string of the molecule is OCC1(COc2cccc(F)c2Br)CCC1. The topological polar surface area (TPSA) is 29.5 Å². The highest BCUT2D eigenvalue weighted by Gasteiger charge is 2.37. The molecule has 16 heavy (non-hydrogen) atoms. The lowest BCUT2D eigenvalue weighted by molar-refractivity contribution is -0.000230. The van der Waals surface area contributed by atoms with Gasteiger partial charge in [0.15, 0.2) is 0 Å². The van der Waals surface area contributed by atoms with E-state index in [4.69, 9.17) is 4.74 Å². The van der Waals surface area contributed by atoms with Crippen molar-refractivity contribution < 1.29 is 14.2 Å². The lowest BCUT2D eigenvalue weighted by Gasteiger charge is -2.39. The third-order valence-electron chi connectivity index (χ3n) is 3.20. The van der Waals surface area contributed by atoms with Crippen LogP contribution in [0.1, 0.15) is 19.3 Å². The first-order valence-corrected chi connectivity index (χ1v) is 6.14. The molecule has 1 aliphatic rings. The van der Waals surface area contributed by atoms with E-state index in [9.17, 15) is 9.50 Å². The van der Waals surface area contributed by atoms with Crippen LogP contribution < -0.4 is 4.74 Å². The molecule has 2 rings (SSSR count). The highest BCUT2D eigenvalue weighted by atomic mass is 79.9. The first-order valence-electron chi connectivity index (χ1n) is 5.35. The normalized spacial score (nSPS) is 17.9. The van der Waals surface area contributed by atoms with Crippen molar-refractivity contribution >= 4 is 15.9 Å². The number of benzene rings is 1. The Morgan fingerprint density at radius 2 is 2.19 bits per heavy atom. The molecule has 1 fully saturated rings. The van der Waals surface area contributed by atoms with Gasteiger partial charge in [0.25, 0.3) is 0 Å². The van der Waals surface area contributed by atoms with Crippen LogP contribution in [0.3, 0.4) is 0 Å². The van der Waals surface area contributed by atoms with E-state index in [-0.39, 0.29) is 17.8 Å². The Labute approximate surface area is 103 Å². The highest BCUT2D eigenvalue weighted by Crippen LogP contribution is 2.41. The first kappa shape index (κ1) is 11.9. The van der Waals surface area contributed by atoms with Gasteiger partial charge in [0, 0.05) is 5.41 Å². The summed E-state index contributed by atoms with van der Waals surface area (Å²) in [6, 6.07) is 4.71. The molecule has 0 bridgehead atoms. The molecule has 2 nitrogen and oxygen atoms in total. The molecule has 88 valence electrons. The van der Waals surface area contributed by atoms with Crippen LogP contribution in [0.4, 0.5) is 4.39 Å². The summed E-state index contributed by atoms with van der Waals surface area (Å²) in [4.78, 5) is 0.